The summed E-state index contributed by atoms with van der Waals surface area (Å²) in [7, 11) is 0. The molecule has 6 nitrogen and oxygen atoms in total. The summed E-state index contributed by atoms with van der Waals surface area (Å²) in [6.07, 6.45) is 0. The van der Waals surface area contributed by atoms with E-state index >= 15 is 0 Å². The predicted molar refractivity (Wildman–Crippen MR) is 125 cm³/mol. The van der Waals surface area contributed by atoms with Crippen LogP contribution < -0.4 is 10.2 Å². The van der Waals surface area contributed by atoms with Crippen LogP contribution in [0.3, 0.4) is 0 Å². The van der Waals surface area contributed by atoms with E-state index in [2.05, 4.69) is 10.4 Å². The molecule has 0 bridgehead atoms. The molecule has 162 valence electrons. The number of hydrogen-bond donors (Lipinski definition) is 1. The lowest BCUT2D eigenvalue weighted by molar-refractivity contribution is -0.128. The van der Waals surface area contributed by atoms with Crippen molar-refractivity contribution in [3.8, 4) is 10.6 Å². The standard InChI is InChI=1S/C24H28N4O2S/c1-15-9-10-18(16(2)12-15)28-21(29)19-13-17(20-8-7-11-31-20)26-27(19)14-24(28,6)22(30)25-23(3,4)5/h7-13H,14H2,1-6H3,(H,25,30). The molecular formula is C24H28N4O2S. The van der Waals surface area contributed by atoms with Crippen molar-refractivity contribution in [2.24, 2.45) is 0 Å². The molecule has 7 heteroatoms. The van der Waals surface area contributed by atoms with Crippen molar-refractivity contribution in [1.29, 1.82) is 0 Å². The molecule has 1 aliphatic rings. The highest BCUT2D eigenvalue weighted by Gasteiger charge is 2.50. The van der Waals surface area contributed by atoms with Gasteiger partial charge in [0.25, 0.3) is 5.91 Å². The molecule has 0 radical (unpaired) electrons. The molecule has 0 spiro atoms. The third kappa shape index (κ3) is 3.78. The maximum absolute atomic E-state index is 13.8. The normalized spacial score (nSPS) is 18.8. The summed E-state index contributed by atoms with van der Waals surface area (Å²) < 4.78 is 1.68. The van der Waals surface area contributed by atoms with Gasteiger partial charge in [-0.05, 0) is 70.7 Å². The SMILES string of the molecule is Cc1ccc(N2C(=O)c3cc(-c4cccs4)nn3CC2(C)C(=O)NC(C)(C)C)c(C)c1. The maximum Gasteiger partial charge on any atom is 0.277 e. The van der Waals surface area contributed by atoms with Crippen LogP contribution in [0.5, 0.6) is 0 Å². The highest BCUT2D eigenvalue weighted by molar-refractivity contribution is 7.13. The minimum atomic E-state index is -1.13. The number of aryl methyl sites for hydroxylation is 2. The molecular weight excluding hydrogens is 408 g/mol. The molecule has 0 saturated heterocycles. The van der Waals surface area contributed by atoms with Gasteiger partial charge in [0.2, 0.25) is 5.91 Å². The van der Waals surface area contributed by atoms with Gasteiger partial charge in [-0.15, -0.1) is 11.3 Å². The van der Waals surface area contributed by atoms with E-state index in [-0.39, 0.29) is 18.4 Å². The Hall–Kier alpha value is -2.93. The molecule has 31 heavy (non-hydrogen) atoms. The van der Waals surface area contributed by atoms with Gasteiger partial charge in [-0.25, -0.2) is 0 Å². The zero-order chi connectivity index (χ0) is 22.6. The lowest BCUT2D eigenvalue weighted by Gasteiger charge is -2.44. The van der Waals surface area contributed by atoms with Gasteiger partial charge in [-0.2, -0.15) is 5.10 Å². The van der Waals surface area contributed by atoms with E-state index < -0.39 is 11.1 Å². The summed E-state index contributed by atoms with van der Waals surface area (Å²) >= 11 is 1.58. The van der Waals surface area contributed by atoms with Crippen LogP contribution >= 0.6 is 11.3 Å². The number of anilines is 1. The third-order valence-electron chi connectivity index (χ3n) is 5.50. The number of carbonyl (C=O) groups excluding carboxylic acids is 2. The topological polar surface area (TPSA) is 67.2 Å². The summed E-state index contributed by atoms with van der Waals surface area (Å²) in [5, 5.41) is 9.74. The summed E-state index contributed by atoms with van der Waals surface area (Å²) in [5.41, 5.74) is 2.49. The van der Waals surface area contributed by atoms with Crippen LogP contribution in [0.4, 0.5) is 5.69 Å². The minimum absolute atomic E-state index is 0.202. The zero-order valence-corrected chi connectivity index (χ0v) is 19.6. The fraction of sp³-hybridized carbons (Fsp3) is 0.375. The molecule has 2 aromatic heterocycles. The Kier molecular flexibility index (Phi) is 5.04. The second-order valence-electron chi connectivity index (χ2n) is 9.46. The van der Waals surface area contributed by atoms with Crippen molar-refractivity contribution in [2.45, 2.75) is 59.2 Å². The molecule has 1 N–H and O–H groups in total. The molecule has 1 aliphatic heterocycles. The second-order valence-corrected chi connectivity index (χ2v) is 10.4. The average molecular weight is 437 g/mol. The highest BCUT2D eigenvalue weighted by Crippen LogP contribution is 2.36. The van der Waals surface area contributed by atoms with Gasteiger partial charge in [0, 0.05) is 11.2 Å². The smallest absolute Gasteiger partial charge is 0.277 e. The largest absolute Gasteiger partial charge is 0.349 e. The molecule has 2 amide bonds. The Morgan fingerprint density at radius 3 is 2.55 bits per heavy atom. The molecule has 1 aromatic carbocycles. The summed E-state index contributed by atoms with van der Waals surface area (Å²) in [6.45, 7) is 11.9. The Balaban J connectivity index is 1.87. The van der Waals surface area contributed by atoms with Crippen molar-refractivity contribution in [3.05, 3.63) is 58.6 Å². The molecule has 0 fully saturated rings. The molecule has 3 aromatic rings. The van der Waals surface area contributed by atoms with Gasteiger partial charge in [0.15, 0.2) is 0 Å². The van der Waals surface area contributed by atoms with Crippen molar-refractivity contribution < 1.29 is 9.59 Å². The lowest BCUT2D eigenvalue weighted by Crippen LogP contribution is -2.66. The van der Waals surface area contributed by atoms with Crippen LogP contribution in [0, 0.1) is 13.8 Å². The number of rotatable bonds is 3. The van der Waals surface area contributed by atoms with Crippen LogP contribution in [-0.4, -0.2) is 32.7 Å². The Bertz CT molecular complexity index is 1160. The zero-order valence-electron chi connectivity index (χ0n) is 18.8. The van der Waals surface area contributed by atoms with Crippen LogP contribution in [0.1, 0.15) is 49.3 Å². The maximum atomic E-state index is 13.8. The van der Waals surface area contributed by atoms with E-state index in [0.29, 0.717) is 5.69 Å². The first kappa shape index (κ1) is 21.3. The molecule has 1 unspecified atom stereocenters. The van der Waals surface area contributed by atoms with E-state index in [1.165, 1.54) is 0 Å². The molecule has 0 saturated carbocycles. The Morgan fingerprint density at radius 1 is 1.19 bits per heavy atom. The molecule has 3 heterocycles. The van der Waals surface area contributed by atoms with Crippen LogP contribution in [-0.2, 0) is 11.3 Å². The van der Waals surface area contributed by atoms with E-state index in [4.69, 9.17) is 0 Å². The number of hydrogen-bond acceptors (Lipinski definition) is 4. The van der Waals surface area contributed by atoms with Crippen molar-refractivity contribution in [1.82, 2.24) is 15.1 Å². The van der Waals surface area contributed by atoms with Gasteiger partial charge < -0.3 is 5.32 Å². The van der Waals surface area contributed by atoms with Gasteiger partial charge in [0.1, 0.15) is 16.9 Å². The second kappa shape index (κ2) is 7.34. The first-order valence-corrected chi connectivity index (χ1v) is 11.2. The fourth-order valence-electron chi connectivity index (χ4n) is 4.04. The Morgan fingerprint density at radius 2 is 1.94 bits per heavy atom. The van der Waals surface area contributed by atoms with Crippen LogP contribution in [0.25, 0.3) is 10.6 Å². The van der Waals surface area contributed by atoms with Crippen molar-refractivity contribution >= 4 is 28.8 Å². The third-order valence-corrected chi connectivity index (χ3v) is 6.39. The lowest BCUT2D eigenvalue weighted by atomic mass is 9.91. The molecule has 0 aliphatic carbocycles. The van der Waals surface area contributed by atoms with E-state index in [1.807, 2.05) is 83.3 Å². The van der Waals surface area contributed by atoms with Gasteiger partial charge in [-0.3, -0.25) is 19.2 Å². The van der Waals surface area contributed by atoms with E-state index in [1.54, 1.807) is 20.9 Å². The first-order chi connectivity index (χ1) is 14.5. The predicted octanol–water partition coefficient (Wildman–Crippen LogP) is 4.56. The summed E-state index contributed by atoms with van der Waals surface area (Å²) in [6, 6.07) is 11.7. The van der Waals surface area contributed by atoms with Crippen LogP contribution in [0.15, 0.2) is 41.8 Å². The number of nitrogens with zero attached hydrogens (tertiary/aromatic N) is 3. The highest BCUT2D eigenvalue weighted by atomic mass is 32.1. The fourth-order valence-corrected chi connectivity index (χ4v) is 4.72. The van der Waals surface area contributed by atoms with Gasteiger partial charge >= 0.3 is 0 Å². The minimum Gasteiger partial charge on any atom is -0.349 e. The number of nitrogens with one attached hydrogen (secondary N) is 1. The first-order valence-electron chi connectivity index (χ1n) is 10.4. The molecule has 1 atom stereocenters. The van der Waals surface area contributed by atoms with Crippen molar-refractivity contribution in [2.75, 3.05) is 4.90 Å². The van der Waals surface area contributed by atoms with Gasteiger partial charge in [0.05, 0.1) is 11.4 Å². The summed E-state index contributed by atoms with van der Waals surface area (Å²) in [4.78, 5) is 30.0. The number of aromatic nitrogens is 2. The quantitative estimate of drug-likeness (QED) is 0.654. The number of thiophene rings is 1. The number of benzene rings is 1. The van der Waals surface area contributed by atoms with Gasteiger partial charge in [-0.1, -0.05) is 23.8 Å². The number of carbonyl (C=O) groups is 2. The van der Waals surface area contributed by atoms with E-state index in [0.717, 1.165) is 27.4 Å². The number of amides is 2. The average Bonchev–Trinajstić information content (AvgIpc) is 3.31. The monoisotopic (exact) mass is 436 g/mol. The summed E-state index contributed by atoms with van der Waals surface area (Å²) in [5.74, 6) is -0.424. The number of fused-ring (bicyclic) bond motifs is 1. The van der Waals surface area contributed by atoms with Crippen molar-refractivity contribution in [3.63, 3.8) is 0 Å². The van der Waals surface area contributed by atoms with Crippen LogP contribution in [0.2, 0.25) is 0 Å². The molecule has 4 rings (SSSR count). The Labute approximate surface area is 186 Å². The van der Waals surface area contributed by atoms with E-state index in [9.17, 15) is 9.59 Å².